The van der Waals surface area contributed by atoms with Gasteiger partial charge in [0.1, 0.15) is 23.0 Å². The van der Waals surface area contributed by atoms with E-state index in [1.165, 1.54) is 0 Å². The molecular weight excluding hydrogens is 664 g/mol. The Morgan fingerprint density at radius 1 is 0.415 bits per heavy atom. The molecule has 7 rings (SSSR count). The second-order valence-corrected chi connectivity index (χ2v) is 18.7. The number of nitriles is 1. The zero-order valence-corrected chi connectivity index (χ0v) is 32.9. The fraction of sp³-hybridized carbons (Fsp3) is 0.340. The molecule has 2 aromatic heterocycles. The van der Waals surface area contributed by atoms with Crippen LogP contribution in [0.4, 0.5) is 13.2 Å². The molecule has 53 heavy (non-hydrogen) atoms. The lowest BCUT2D eigenvalue weighted by Crippen LogP contribution is -2.14. The first-order valence-electron chi connectivity index (χ1n) is 18.3. The van der Waals surface area contributed by atoms with E-state index in [2.05, 4.69) is 113 Å². The molecule has 0 fully saturated rings. The highest BCUT2D eigenvalue weighted by atomic mass is 19.2. The lowest BCUT2D eigenvalue weighted by atomic mass is 9.85. The molecule has 0 aliphatic carbocycles. The van der Waals surface area contributed by atoms with Crippen LogP contribution in [-0.2, 0) is 21.7 Å². The van der Waals surface area contributed by atoms with Crippen molar-refractivity contribution in [3.63, 3.8) is 0 Å². The minimum atomic E-state index is -1.63. The van der Waals surface area contributed by atoms with E-state index in [1.807, 2.05) is 48.5 Å². The van der Waals surface area contributed by atoms with Gasteiger partial charge in [-0.3, -0.25) is 0 Å². The molecule has 272 valence electrons. The van der Waals surface area contributed by atoms with Gasteiger partial charge in [0.05, 0.1) is 22.1 Å². The van der Waals surface area contributed by atoms with Gasteiger partial charge in [0.15, 0.2) is 17.5 Å². The summed E-state index contributed by atoms with van der Waals surface area (Å²) < 4.78 is 53.3. The Labute approximate surface area is 310 Å². The summed E-state index contributed by atoms with van der Waals surface area (Å²) in [4.78, 5) is 0. The van der Waals surface area contributed by atoms with E-state index in [4.69, 9.17) is 0 Å². The molecule has 2 heterocycles. The summed E-state index contributed by atoms with van der Waals surface area (Å²) in [5, 5.41) is 14.4. The first-order chi connectivity index (χ1) is 24.5. The number of halogens is 3. The maximum atomic E-state index is 16.8. The molecule has 0 saturated carbocycles. The summed E-state index contributed by atoms with van der Waals surface area (Å²) in [5.41, 5.74) is 4.72. The highest BCUT2D eigenvalue weighted by Gasteiger charge is 2.32. The third-order valence-corrected chi connectivity index (χ3v) is 10.8. The molecule has 0 N–H and O–H groups in total. The molecule has 0 bridgehead atoms. The van der Waals surface area contributed by atoms with Crippen LogP contribution in [-0.4, -0.2) is 9.13 Å². The Kier molecular flexibility index (Phi) is 8.05. The van der Waals surface area contributed by atoms with E-state index < -0.39 is 17.5 Å². The van der Waals surface area contributed by atoms with Gasteiger partial charge >= 0.3 is 0 Å². The summed E-state index contributed by atoms with van der Waals surface area (Å²) in [6, 6.07) is 26.2. The molecule has 6 heteroatoms. The maximum Gasteiger partial charge on any atom is 0.198 e. The second-order valence-electron chi connectivity index (χ2n) is 18.7. The highest BCUT2D eigenvalue weighted by Crippen LogP contribution is 2.44. The zero-order chi connectivity index (χ0) is 38.7. The summed E-state index contributed by atoms with van der Waals surface area (Å²) >= 11 is 0. The van der Waals surface area contributed by atoms with Crippen LogP contribution in [0.3, 0.4) is 0 Å². The van der Waals surface area contributed by atoms with Gasteiger partial charge in [0.25, 0.3) is 0 Å². The first kappa shape index (κ1) is 36.3. The minimum Gasteiger partial charge on any atom is -0.305 e. The number of fused-ring (bicyclic) bond motifs is 6. The number of rotatable bonds is 2. The molecule has 3 nitrogen and oxygen atoms in total. The molecule has 5 aromatic carbocycles. The highest BCUT2D eigenvalue weighted by molar-refractivity contribution is 6.11. The first-order valence-corrected chi connectivity index (χ1v) is 18.3. The second kappa shape index (κ2) is 11.7. The van der Waals surface area contributed by atoms with Crippen molar-refractivity contribution in [2.24, 2.45) is 0 Å². The van der Waals surface area contributed by atoms with E-state index in [9.17, 15) is 5.26 Å². The van der Waals surface area contributed by atoms with Crippen molar-refractivity contribution in [3.05, 3.63) is 118 Å². The minimum absolute atomic E-state index is 0.179. The third kappa shape index (κ3) is 5.71. The lowest BCUT2D eigenvalue weighted by Gasteiger charge is -2.22. The van der Waals surface area contributed by atoms with E-state index in [-0.39, 0.29) is 38.6 Å². The van der Waals surface area contributed by atoms with Crippen LogP contribution in [0.25, 0.3) is 55.0 Å². The van der Waals surface area contributed by atoms with Crippen molar-refractivity contribution in [2.75, 3.05) is 0 Å². The third-order valence-electron chi connectivity index (χ3n) is 10.8. The van der Waals surface area contributed by atoms with Gasteiger partial charge in [0.2, 0.25) is 0 Å². The maximum absolute atomic E-state index is 16.8. The average Bonchev–Trinajstić information content (AvgIpc) is 3.56. The molecule has 0 aliphatic rings. The van der Waals surface area contributed by atoms with E-state index in [1.54, 1.807) is 9.13 Å². The van der Waals surface area contributed by atoms with Crippen molar-refractivity contribution in [1.29, 1.82) is 5.26 Å². The van der Waals surface area contributed by atoms with Crippen LogP contribution in [0.15, 0.2) is 72.8 Å². The molecule has 0 spiro atoms. The number of benzene rings is 5. The topological polar surface area (TPSA) is 33.6 Å². The van der Waals surface area contributed by atoms with Crippen LogP contribution >= 0.6 is 0 Å². The van der Waals surface area contributed by atoms with Crippen LogP contribution in [0, 0.1) is 28.8 Å². The molecule has 0 unspecified atom stereocenters. The monoisotopic (exact) mass is 711 g/mol. The van der Waals surface area contributed by atoms with Crippen LogP contribution < -0.4 is 0 Å². The fourth-order valence-electron chi connectivity index (χ4n) is 7.55. The van der Waals surface area contributed by atoms with E-state index in [0.29, 0.717) is 22.1 Å². The summed E-state index contributed by atoms with van der Waals surface area (Å²) in [6.07, 6.45) is 0. The Hall–Kier alpha value is -5.02. The Morgan fingerprint density at radius 3 is 1.06 bits per heavy atom. The predicted molar refractivity (Wildman–Crippen MR) is 215 cm³/mol. The van der Waals surface area contributed by atoms with Gasteiger partial charge in [-0.2, -0.15) is 5.26 Å². The summed E-state index contributed by atoms with van der Waals surface area (Å²) in [5.74, 6) is -4.45. The van der Waals surface area contributed by atoms with Crippen LogP contribution in [0.5, 0.6) is 0 Å². The predicted octanol–water partition coefficient (Wildman–Crippen LogP) is 13.4. The average molecular weight is 712 g/mol. The van der Waals surface area contributed by atoms with Crippen molar-refractivity contribution in [1.82, 2.24) is 9.13 Å². The van der Waals surface area contributed by atoms with Crippen molar-refractivity contribution >= 4 is 43.6 Å². The largest absolute Gasteiger partial charge is 0.305 e. The SMILES string of the molecule is CC(C)(C)c1ccc2c(c1)c1ccc(C(C)(C)C)cc1n2-c1c(F)c(F)c(F)c(-n2c3ccc(C(C)(C)C)cc3c3ccc(C(C)(C)C)cc32)c1C#N. The van der Waals surface area contributed by atoms with Crippen molar-refractivity contribution < 1.29 is 13.2 Å². The van der Waals surface area contributed by atoms with Crippen molar-refractivity contribution in [3.8, 4) is 17.4 Å². The summed E-state index contributed by atoms with van der Waals surface area (Å²) in [7, 11) is 0. The van der Waals surface area contributed by atoms with Gasteiger partial charge < -0.3 is 9.13 Å². The Morgan fingerprint density at radius 2 is 0.736 bits per heavy atom. The Bertz CT molecular complexity index is 2510. The van der Waals surface area contributed by atoms with Crippen molar-refractivity contribution in [2.45, 2.75) is 105 Å². The van der Waals surface area contributed by atoms with Gasteiger partial charge in [-0.05, 0) is 80.3 Å². The molecular formula is C47H48F3N3. The van der Waals surface area contributed by atoms with Gasteiger partial charge in [0, 0.05) is 21.5 Å². The number of hydrogen-bond donors (Lipinski definition) is 0. The van der Waals surface area contributed by atoms with E-state index in [0.717, 1.165) is 43.8 Å². The van der Waals surface area contributed by atoms with Gasteiger partial charge in [-0.15, -0.1) is 0 Å². The Balaban J connectivity index is 1.69. The quantitative estimate of drug-likeness (QED) is 0.164. The molecule has 0 saturated heterocycles. The normalized spacial score (nSPS) is 13.2. The lowest BCUT2D eigenvalue weighted by molar-refractivity contribution is 0.443. The number of nitrogens with zero attached hydrogens (tertiary/aromatic N) is 3. The summed E-state index contributed by atoms with van der Waals surface area (Å²) in [6.45, 7) is 25.3. The van der Waals surface area contributed by atoms with Gasteiger partial charge in [-0.25, -0.2) is 13.2 Å². The smallest absolute Gasteiger partial charge is 0.198 e. The molecule has 0 atom stereocenters. The number of hydrogen-bond acceptors (Lipinski definition) is 1. The van der Waals surface area contributed by atoms with E-state index >= 15 is 13.2 Å². The van der Waals surface area contributed by atoms with Gasteiger partial charge in [-0.1, -0.05) is 119 Å². The molecule has 0 radical (unpaired) electrons. The molecule has 0 aliphatic heterocycles. The van der Waals surface area contributed by atoms with Crippen LogP contribution in [0.1, 0.15) is 111 Å². The molecule has 7 aromatic rings. The standard InChI is InChI=1S/C47H48F3N3/c1-44(2,3)26-15-19-35-32(21-26)30-17-13-28(46(7,8)9)23-37(30)52(35)42-34(25-51)43(41(50)39(48)40(42)49)53-36-20-16-27(45(4,5)6)22-33(36)31-18-14-29(24-38(31)53)47(10,11)12/h13-24H,1-12H3. The molecule has 0 amide bonds. The van der Waals surface area contributed by atoms with Crippen LogP contribution in [0.2, 0.25) is 0 Å². The fourth-order valence-corrected chi connectivity index (χ4v) is 7.55. The zero-order valence-electron chi connectivity index (χ0n) is 32.9. The number of aromatic nitrogens is 2.